The number of amides is 2. The van der Waals surface area contributed by atoms with E-state index in [4.69, 9.17) is 0 Å². The molecule has 1 aliphatic rings. The van der Waals surface area contributed by atoms with E-state index in [0.717, 1.165) is 11.1 Å². The maximum atomic E-state index is 12.9. The predicted molar refractivity (Wildman–Crippen MR) is 102 cm³/mol. The van der Waals surface area contributed by atoms with Crippen molar-refractivity contribution in [2.45, 2.75) is 51.9 Å². The van der Waals surface area contributed by atoms with Crippen LogP contribution < -0.4 is 0 Å². The Bertz CT molecular complexity index is 680. The van der Waals surface area contributed by atoms with E-state index in [9.17, 15) is 9.59 Å². The second kappa shape index (κ2) is 8.17. The monoisotopic (exact) mass is 350 g/mol. The van der Waals surface area contributed by atoms with Crippen LogP contribution in [0, 0.1) is 0 Å². The van der Waals surface area contributed by atoms with Crippen LogP contribution in [-0.2, 0) is 22.7 Å². The summed E-state index contributed by atoms with van der Waals surface area (Å²) in [5.74, 6) is 0.221. The third-order valence-electron chi connectivity index (χ3n) is 5.04. The molecule has 0 aliphatic carbocycles. The minimum absolute atomic E-state index is 0.110. The Morgan fingerprint density at radius 1 is 0.692 bits per heavy atom. The fourth-order valence-corrected chi connectivity index (χ4v) is 3.50. The normalized spacial score (nSPS) is 21.5. The molecular weight excluding hydrogens is 324 g/mol. The zero-order chi connectivity index (χ0) is 18.5. The number of carbonyl (C=O) groups is 2. The Balaban J connectivity index is 1.75. The molecule has 0 N–H and O–H groups in total. The van der Waals surface area contributed by atoms with Gasteiger partial charge in [0.15, 0.2) is 0 Å². The molecule has 1 heterocycles. The summed E-state index contributed by atoms with van der Waals surface area (Å²) in [4.78, 5) is 29.5. The van der Waals surface area contributed by atoms with Gasteiger partial charge in [0.25, 0.3) is 0 Å². The summed E-state index contributed by atoms with van der Waals surface area (Å²) < 4.78 is 0. The van der Waals surface area contributed by atoms with E-state index in [1.807, 2.05) is 84.3 Å². The summed E-state index contributed by atoms with van der Waals surface area (Å²) in [7, 11) is 0. The number of rotatable bonds is 4. The minimum Gasteiger partial charge on any atom is -0.335 e. The van der Waals surface area contributed by atoms with Crippen molar-refractivity contribution >= 4 is 11.8 Å². The third kappa shape index (κ3) is 4.31. The largest absolute Gasteiger partial charge is 0.335 e. The number of nitrogens with zero attached hydrogens (tertiary/aromatic N) is 2. The van der Waals surface area contributed by atoms with Crippen molar-refractivity contribution < 1.29 is 9.59 Å². The molecule has 2 atom stereocenters. The molecule has 0 aromatic heterocycles. The van der Waals surface area contributed by atoms with Gasteiger partial charge in [-0.15, -0.1) is 0 Å². The molecule has 2 amide bonds. The SMILES string of the molecule is C[C@H]1CC(=O)N(Cc2ccccc2)[C@@H](C)CC(=O)N1Cc1ccccc1. The Morgan fingerprint density at radius 2 is 1.04 bits per heavy atom. The van der Waals surface area contributed by atoms with Gasteiger partial charge in [0.1, 0.15) is 0 Å². The molecule has 2 aromatic rings. The summed E-state index contributed by atoms with van der Waals surface area (Å²) in [6, 6.07) is 19.7. The minimum atomic E-state index is -0.110. The summed E-state index contributed by atoms with van der Waals surface area (Å²) in [5, 5.41) is 0. The van der Waals surface area contributed by atoms with Gasteiger partial charge in [-0.05, 0) is 25.0 Å². The molecule has 4 heteroatoms. The van der Waals surface area contributed by atoms with Crippen molar-refractivity contribution in [3.05, 3.63) is 71.8 Å². The maximum Gasteiger partial charge on any atom is 0.225 e. The fraction of sp³-hybridized carbons (Fsp3) is 0.364. The number of benzene rings is 2. The van der Waals surface area contributed by atoms with Gasteiger partial charge in [-0.25, -0.2) is 0 Å². The van der Waals surface area contributed by atoms with Crippen LogP contribution in [0.4, 0.5) is 0 Å². The topological polar surface area (TPSA) is 40.6 Å². The molecule has 0 spiro atoms. The Kier molecular flexibility index (Phi) is 5.71. The van der Waals surface area contributed by atoms with Crippen LogP contribution in [0.5, 0.6) is 0 Å². The molecule has 0 bridgehead atoms. The van der Waals surface area contributed by atoms with E-state index < -0.39 is 0 Å². The van der Waals surface area contributed by atoms with Crippen LogP contribution in [0.2, 0.25) is 0 Å². The first-order valence-corrected chi connectivity index (χ1v) is 9.21. The lowest BCUT2D eigenvalue weighted by Gasteiger charge is -2.38. The first-order chi connectivity index (χ1) is 12.5. The molecule has 0 saturated carbocycles. The number of hydrogen-bond acceptors (Lipinski definition) is 2. The van der Waals surface area contributed by atoms with Crippen LogP contribution in [0.15, 0.2) is 60.7 Å². The molecule has 0 unspecified atom stereocenters. The first kappa shape index (κ1) is 18.2. The lowest BCUT2D eigenvalue weighted by Crippen LogP contribution is -2.49. The highest BCUT2D eigenvalue weighted by Gasteiger charge is 2.32. The van der Waals surface area contributed by atoms with Crippen LogP contribution in [0.3, 0.4) is 0 Å². The van der Waals surface area contributed by atoms with Crippen molar-refractivity contribution in [1.29, 1.82) is 0 Å². The van der Waals surface area contributed by atoms with Gasteiger partial charge in [-0.1, -0.05) is 60.7 Å². The Labute approximate surface area is 155 Å². The third-order valence-corrected chi connectivity index (χ3v) is 5.04. The summed E-state index contributed by atoms with van der Waals surface area (Å²) in [6.45, 7) is 5.05. The van der Waals surface area contributed by atoms with E-state index in [2.05, 4.69) is 0 Å². The molecule has 136 valence electrons. The van der Waals surface area contributed by atoms with Gasteiger partial charge in [-0.3, -0.25) is 9.59 Å². The second-order valence-corrected chi connectivity index (χ2v) is 7.12. The lowest BCUT2D eigenvalue weighted by atomic mass is 10.0. The summed E-state index contributed by atoms with van der Waals surface area (Å²) >= 11 is 0. The standard InChI is InChI=1S/C22H26N2O2/c1-17-13-21(25)24(16-20-11-7-4-8-12-20)18(2)14-22(26)23(17)15-19-9-5-3-6-10-19/h3-12,17-18H,13-16H2,1-2H3/t17-,18-/m0/s1. The first-order valence-electron chi connectivity index (χ1n) is 9.21. The summed E-state index contributed by atoms with van der Waals surface area (Å²) in [6.07, 6.45) is 0.714. The molecule has 4 nitrogen and oxygen atoms in total. The number of hydrogen-bond donors (Lipinski definition) is 0. The maximum absolute atomic E-state index is 12.9. The highest BCUT2D eigenvalue weighted by molar-refractivity contribution is 5.83. The van der Waals surface area contributed by atoms with E-state index in [-0.39, 0.29) is 23.9 Å². The highest BCUT2D eigenvalue weighted by Crippen LogP contribution is 2.21. The molecule has 26 heavy (non-hydrogen) atoms. The fourth-order valence-electron chi connectivity index (χ4n) is 3.50. The van der Waals surface area contributed by atoms with Crippen molar-refractivity contribution in [2.75, 3.05) is 0 Å². The van der Waals surface area contributed by atoms with Crippen molar-refractivity contribution in [2.24, 2.45) is 0 Å². The van der Waals surface area contributed by atoms with Gasteiger partial charge in [0.05, 0.1) is 0 Å². The molecule has 2 aromatic carbocycles. The molecule has 1 aliphatic heterocycles. The Hall–Kier alpha value is -2.62. The van der Waals surface area contributed by atoms with Crippen LogP contribution in [0.25, 0.3) is 0 Å². The van der Waals surface area contributed by atoms with Gasteiger partial charge in [0, 0.05) is 38.0 Å². The zero-order valence-corrected chi connectivity index (χ0v) is 15.5. The second-order valence-electron chi connectivity index (χ2n) is 7.12. The lowest BCUT2D eigenvalue weighted by molar-refractivity contribution is -0.145. The van der Waals surface area contributed by atoms with Gasteiger partial charge < -0.3 is 9.80 Å². The van der Waals surface area contributed by atoms with E-state index in [0.29, 0.717) is 25.9 Å². The molecule has 3 rings (SSSR count). The van der Waals surface area contributed by atoms with E-state index in [1.165, 1.54) is 0 Å². The highest BCUT2D eigenvalue weighted by atomic mass is 16.2. The molecule has 1 saturated heterocycles. The van der Waals surface area contributed by atoms with E-state index in [1.54, 1.807) is 0 Å². The smallest absolute Gasteiger partial charge is 0.225 e. The summed E-state index contributed by atoms with van der Waals surface area (Å²) in [5.41, 5.74) is 2.18. The van der Waals surface area contributed by atoms with Crippen molar-refractivity contribution in [3.8, 4) is 0 Å². The predicted octanol–water partition coefficient (Wildman–Crippen LogP) is 3.61. The van der Waals surface area contributed by atoms with Crippen molar-refractivity contribution in [1.82, 2.24) is 9.80 Å². The molecule has 1 fully saturated rings. The molecular formula is C22H26N2O2. The molecule has 0 radical (unpaired) electrons. The van der Waals surface area contributed by atoms with Gasteiger partial charge in [0.2, 0.25) is 11.8 Å². The van der Waals surface area contributed by atoms with Crippen LogP contribution >= 0.6 is 0 Å². The Morgan fingerprint density at radius 3 is 1.38 bits per heavy atom. The van der Waals surface area contributed by atoms with Crippen LogP contribution in [0.1, 0.15) is 37.8 Å². The average molecular weight is 350 g/mol. The van der Waals surface area contributed by atoms with Crippen molar-refractivity contribution in [3.63, 3.8) is 0 Å². The number of carbonyl (C=O) groups excluding carboxylic acids is 2. The van der Waals surface area contributed by atoms with Gasteiger partial charge in [-0.2, -0.15) is 0 Å². The van der Waals surface area contributed by atoms with E-state index >= 15 is 0 Å². The average Bonchev–Trinajstić information content (AvgIpc) is 2.64. The zero-order valence-electron chi connectivity index (χ0n) is 15.5. The van der Waals surface area contributed by atoms with Gasteiger partial charge >= 0.3 is 0 Å². The quantitative estimate of drug-likeness (QED) is 0.845. The van der Waals surface area contributed by atoms with Crippen LogP contribution in [-0.4, -0.2) is 33.7 Å².